The largest absolute Gasteiger partial charge is 0.497 e. The molecule has 0 fully saturated rings. The summed E-state index contributed by atoms with van der Waals surface area (Å²) in [6, 6.07) is 29.1. The van der Waals surface area contributed by atoms with Gasteiger partial charge in [-0.2, -0.15) is 0 Å². The lowest BCUT2D eigenvalue weighted by molar-refractivity contribution is 0.415. The van der Waals surface area contributed by atoms with Crippen LogP contribution >= 0.6 is 11.3 Å². The van der Waals surface area contributed by atoms with E-state index in [0.717, 1.165) is 21.3 Å². The number of benzene rings is 3. The van der Waals surface area contributed by atoms with E-state index in [4.69, 9.17) is 4.74 Å². The molecule has 5 aromatic rings. The summed E-state index contributed by atoms with van der Waals surface area (Å²) in [5.74, 6) is 0.838. The molecule has 0 saturated carbocycles. The summed E-state index contributed by atoms with van der Waals surface area (Å²) < 4.78 is 7.56. The van der Waals surface area contributed by atoms with Gasteiger partial charge < -0.3 is 9.30 Å². The number of ether oxygens (including phenoxy) is 1. The van der Waals surface area contributed by atoms with Gasteiger partial charge in [0.15, 0.2) is 0 Å². The Bertz CT molecular complexity index is 1260. The Morgan fingerprint density at radius 3 is 2.38 bits per heavy atom. The molecule has 0 atom stereocenters. The van der Waals surface area contributed by atoms with Crippen molar-refractivity contribution in [1.29, 1.82) is 0 Å². The van der Waals surface area contributed by atoms with Gasteiger partial charge in [-0.1, -0.05) is 59.9 Å². The molecule has 0 spiro atoms. The molecule has 5 rings (SSSR count). The Hall–Kier alpha value is -3.44. The van der Waals surface area contributed by atoms with Crippen molar-refractivity contribution in [2.45, 2.75) is 6.54 Å². The number of rotatable bonds is 5. The van der Waals surface area contributed by atoms with Gasteiger partial charge in [-0.05, 0) is 42.0 Å². The van der Waals surface area contributed by atoms with Gasteiger partial charge in [0.1, 0.15) is 15.8 Å². The fourth-order valence-corrected chi connectivity index (χ4v) is 4.37. The maximum atomic E-state index is 5.24. The molecular weight excluding hydrogens is 378 g/mol. The topological polar surface area (TPSA) is 39.9 Å². The number of fused-ring (bicyclic) bond motifs is 1. The van der Waals surface area contributed by atoms with Gasteiger partial charge in [0.2, 0.25) is 0 Å². The van der Waals surface area contributed by atoms with Crippen molar-refractivity contribution in [2.24, 2.45) is 0 Å². The van der Waals surface area contributed by atoms with Crippen LogP contribution in [-0.2, 0) is 6.54 Å². The average molecular weight is 398 g/mol. The van der Waals surface area contributed by atoms with E-state index >= 15 is 0 Å². The number of hydrogen-bond acceptors (Lipinski definition) is 4. The van der Waals surface area contributed by atoms with Crippen LogP contribution in [0.2, 0.25) is 0 Å². The average Bonchev–Trinajstić information content (AvgIpc) is 3.40. The van der Waals surface area contributed by atoms with Crippen molar-refractivity contribution in [1.82, 2.24) is 14.8 Å². The molecule has 0 aliphatic rings. The first-order chi connectivity index (χ1) is 14.3. The predicted octanol–water partition coefficient (Wildman–Crippen LogP) is 5.88. The lowest BCUT2D eigenvalue weighted by Crippen LogP contribution is -2.01. The molecule has 0 bridgehead atoms. The summed E-state index contributed by atoms with van der Waals surface area (Å²) in [4.78, 5) is 0. The van der Waals surface area contributed by atoms with E-state index in [-0.39, 0.29) is 0 Å². The van der Waals surface area contributed by atoms with Crippen LogP contribution in [0.4, 0.5) is 0 Å². The van der Waals surface area contributed by atoms with Crippen LogP contribution in [0.5, 0.6) is 5.75 Å². The highest BCUT2D eigenvalue weighted by atomic mass is 32.1. The Kier molecular flexibility index (Phi) is 4.58. The van der Waals surface area contributed by atoms with E-state index in [1.54, 1.807) is 18.4 Å². The molecular formula is C24H19N3OS. The minimum Gasteiger partial charge on any atom is -0.497 e. The molecule has 29 heavy (non-hydrogen) atoms. The zero-order chi connectivity index (χ0) is 19.6. The second-order valence-corrected chi connectivity index (χ2v) is 7.83. The van der Waals surface area contributed by atoms with E-state index in [2.05, 4.69) is 69.4 Å². The molecule has 2 aromatic heterocycles. The highest BCUT2D eigenvalue weighted by Gasteiger charge is 2.14. The van der Waals surface area contributed by atoms with E-state index in [1.165, 1.54) is 22.2 Å². The van der Waals surface area contributed by atoms with Crippen LogP contribution in [0.1, 0.15) is 5.01 Å². The van der Waals surface area contributed by atoms with Crippen LogP contribution in [0, 0.1) is 0 Å². The van der Waals surface area contributed by atoms with Gasteiger partial charge in [0.05, 0.1) is 13.7 Å². The third kappa shape index (κ3) is 3.41. The summed E-state index contributed by atoms with van der Waals surface area (Å²) in [5.41, 5.74) is 4.64. The standard InChI is InChI=1S/C24H19N3OS/c1-28-20-13-11-18(12-14-20)24-26-25-23(29-24)16-27-21-10-6-5-9-19(21)15-22(27)17-7-3-2-4-8-17/h2-15H,16H2,1H3. The zero-order valence-corrected chi connectivity index (χ0v) is 16.8. The SMILES string of the molecule is COc1ccc(-c2nnc(Cn3c(-c4ccccc4)cc4ccccc43)s2)cc1. The third-order valence-corrected chi connectivity index (χ3v) is 5.93. The number of para-hydroxylation sites is 1. The predicted molar refractivity (Wildman–Crippen MR) is 118 cm³/mol. The van der Waals surface area contributed by atoms with Crippen LogP contribution < -0.4 is 4.74 Å². The first-order valence-electron chi connectivity index (χ1n) is 9.42. The first kappa shape index (κ1) is 17.6. The van der Waals surface area contributed by atoms with E-state index in [9.17, 15) is 0 Å². The molecule has 0 aliphatic heterocycles. The number of aromatic nitrogens is 3. The normalized spacial score (nSPS) is 11.1. The van der Waals surface area contributed by atoms with Crippen LogP contribution in [0.25, 0.3) is 32.7 Å². The highest BCUT2D eigenvalue weighted by molar-refractivity contribution is 7.14. The molecule has 0 unspecified atom stereocenters. The summed E-state index contributed by atoms with van der Waals surface area (Å²) in [6.45, 7) is 0.686. The zero-order valence-electron chi connectivity index (χ0n) is 15.9. The maximum absolute atomic E-state index is 5.24. The molecule has 4 nitrogen and oxygen atoms in total. The highest BCUT2D eigenvalue weighted by Crippen LogP contribution is 2.31. The Morgan fingerprint density at radius 1 is 0.828 bits per heavy atom. The lowest BCUT2D eigenvalue weighted by atomic mass is 10.1. The van der Waals surface area contributed by atoms with Gasteiger partial charge in [-0.3, -0.25) is 0 Å². The van der Waals surface area contributed by atoms with Crippen molar-refractivity contribution >= 4 is 22.2 Å². The molecule has 5 heteroatoms. The van der Waals surface area contributed by atoms with Crippen molar-refractivity contribution in [3.8, 4) is 27.6 Å². The molecule has 0 radical (unpaired) electrons. The van der Waals surface area contributed by atoms with Crippen LogP contribution in [-0.4, -0.2) is 21.9 Å². The molecule has 3 aromatic carbocycles. The monoisotopic (exact) mass is 397 g/mol. The lowest BCUT2D eigenvalue weighted by Gasteiger charge is -2.09. The Labute approximate surface area is 173 Å². The van der Waals surface area contributed by atoms with Gasteiger partial charge in [0.25, 0.3) is 0 Å². The Morgan fingerprint density at radius 2 is 1.59 bits per heavy atom. The molecule has 0 amide bonds. The fraction of sp³-hybridized carbons (Fsp3) is 0.0833. The smallest absolute Gasteiger partial charge is 0.147 e. The van der Waals surface area contributed by atoms with Crippen molar-refractivity contribution < 1.29 is 4.74 Å². The summed E-state index contributed by atoms with van der Waals surface area (Å²) in [6.07, 6.45) is 0. The molecule has 0 aliphatic carbocycles. The van der Waals surface area contributed by atoms with Crippen molar-refractivity contribution in [2.75, 3.05) is 7.11 Å². The maximum Gasteiger partial charge on any atom is 0.147 e. The van der Waals surface area contributed by atoms with Crippen molar-refractivity contribution in [3.05, 3.63) is 89.9 Å². The number of methoxy groups -OCH3 is 1. The summed E-state index contributed by atoms with van der Waals surface area (Å²) >= 11 is 1.63. The quantitative estimate of drug-likeness (QED) is 0.372. The first-order valence-corrected chi connectivity index (χ1v) is 10.2. The van der Waals surface area contributed by atoms with Gasteiger partial charge in [-0.25, -0.2) is 0 Å². The minimum absolute atomic E-state index is 0.686. The molecule has 0 N–H and O–H groups in total. The number of nitrogens with zero attached hydrogens (tertiary/aromatic N) is 3. The van der Waals surface area contributed by atoms with E-state index in [1.807, 2.05) is 30.3 Å². The summed E-state index contributed by atoms with van der Waals surface area (Å²) in [7, 11) is 1.67. The molecule has 0 saturated heterocycles. The number of hydrogen-bond donors (Lipinski definition) is 0. The van der Waals surface area contributed by atoms with Gasteiger partial charge in [0, 0.05) is 22.2 Å². The van der Waals surface area contributed by atoms with Crippen molar-refractivity contribution in [3.63, 3.8) is 0 Å². The third-order valence-electron chi connectivity index (χ3n) is 4.98. The van der Waals surface area contributed by atoms with E-state index < -0.39 is 0 Å². The van der Waals surface area contributed by atoms with Gasteiger partial charge >= 0.3 is 0 Å². The minimum atomic E-state index is 0.686. The van der Waals surface area contributed by atoms with Gasteiger partial charge in [-0.15, -0.1) is 10.2 Å². The second-order valence-electron chi connectivity index (χ2n) is 6.77. The molecule has 2 heterocycles. The summed E-state index contributed by atoms with van der Waals surface area (Å²) in [5, 5.41) is 12.0. The second kappa shape index (κ2) is 7.53. The fourth-order valence-electron chi connectivity index (χ4n) is 3.53. The Balaban J connectivity index is 1.53. The van der Waals surface area contributed by atoms with Crippen LogP contribution in [0.15, 0.2) is 84.9 Å². The van der Waals surface area contributed by atoms with Crippen LogP contribution in [0.3, 0.4) is 0 Å². The van der Waals surface area contributed by atoms with E-state index in [0.29, 0.717) is 6.54 Å². The molecule has 142 valence electrons.